The van der Waals surface area contributed by atoms with E-state index in [-0.39, 0.29) is 17.5 Å². The van der Waals surface area contributed by atoms with Crippen LogP contribution in [0.5, 0.6) is 0 Å². The second-order valence-electron chi connectivity index (χ2n) is 5.78. The van der Waals surface area contributed by atoms with Gasteiger partial charge in [0.05, 0.1) is 16.9 Å². The second-order valence-corrected chi connectivity index (χ2v) is 6.95. The predicted molar refractivity (Wildman–Crippen MR) is 96.4 cm³/mol. The van der Waals surface area contributed by atoms with Crippen molar-refractivity contribution in [2.75, 3.05) is 6.54 Å². The van der Waals surface area contributed by atoms with E-state index in [1.165, 1.54) is 29.2 Å². The fraction of sp³-hybridized carbons (Fsp3) is 0.211. The Balaban J connectivity index is 1.84. The summed E-state index contributed by atoms with van der Waals surface area (Å²) >= 11 is 0.985. The summed E-state index contributed by atoms with van der Waals surface area (Å²) in [6, 6.07) is 15.2. The Morgan fingerprint density at radius 1 is 1.19 bits per heavy atom. The number of hydrogen-bond donors (Lipinski definition) is 0. The van der Waals surface area contributed by atoms with Crippen molar-refractivity contribution in [2.45, 2.75) is 18.1 Å². The van der Waals surface area contributed by atoms with Crippen molar-refractivity contribution < 1.29 is 19.1 Å². The van der Waals surface area contributed by atoms with Crippen LogP contribution in [0.15, 0.2) is 59.6 Å². The summed E-state index contributed by atoms with van der Waals surface area (Å²) in [4.78, 5) is 29.5. The van der Waals surface area contributed by atoms with Crippen molar-refractivity contribution in [3.05, 3.63) is 66.0 Å². The molecule has 1 fully saturated rings. The first kappa shape index (κ1) is 18.1. The maximum absolute atomic E-state index is 13.1. The van der Waals surface area contributed by atoms with E-state index in [9.17, 15) is 19.1 Å². The molecule has 0 aromatic heterocycles. The predicted octanol–water partition coefficient (Wildman–Crippen LogP) is 2.14. The number of thioether (sulfide) groups is 1. The first-order valence-electron chi connectivity index (χ1n) is 8.09. The summed E-state index contributed by atoms with van der Waals surface area (Å²) in [7, 11) is 0. The minimum atomic E-state index is -1.29. The molecule has 5 nitrogen and oxygen atoms in total. The highest BCUT2D eigenvalue weighted by Crippen LogP contribution is 2.29. The summed E-state index contributed by atoms with van der Waals surface area (Å²) < 4.78 is 13.1. The second kappa shape index (κ2) is 8.14. The highest BCUT2D eigenvalue weighted by atomic mass is 32.2. The summed E-state index contributed by atoms with van der Waals surface area (Å²) in [5, 5.41) is 10.5. The van der Waals surface area contributed by atoms with Gasteiger partial charge in [-0.3, -0.25) is 9.69 Å². The van der Waals surface area contributed by atoms with Gasteiger partial charge in [0.15, 0.2) is 5.17 Å². The quantitative estimate of drug-likeness (QED) is 0.807. The smallest absolute Gasteiger partial charge is 0.230 e. The molecule has 134 valence electrons. The van der Waals surface area contributed by atoms with Crippen LogP contribution in [0.3, 0.4) is 0 Å². The monoisotopic (exact) mass is 371 g/mol. The van der Waals surface area contributed by atoms with Crippen LogP contribution in [0.4, 0.5) is 10.1 Å². The van der Waals surface area contributed by atoms with E-state index < -0.39 is 17.0 Å². The van der Waals surface area contributed by atoms with E-state index in [4.69, 9.17) is 0 Å². The number of benzene rings is 2. The number of amides is 1. The molecule has 2 aromatic rings. The van der Waals surface area contributed by atoms with Gasteiger partial charge in [0.1, 0.15) is 5.82 Å². The lowest BCUT2D eigenvalue weighted by molar-refractivity contribution is -0.304. The van der Waals surface area contributed by atoms with E-state index in [0.29, 0.717) is 18.7 Å². The van der Waals surface area contributed by atoms with E-state index >= 15 is 0 Å². The molecule has 0 saturated carbocycles. The zero-order chi connectivity index (χ0) is 18.5. The fourth-order valence-corrected chi connectivity index (χ4v) is 3.61. The van der Waals surface area contributed by atoms with Crippen LogP contribution in [0.2, 0.25) is 0 Å². The molecule has 0 radical (unpaired) electrons. The van der Waals surface area contributed by atoms with E-state index in [2.05, 4.69) is 4.99 Å². The molecule has 3 rings (SSSR count). The maximum Gasteiger partial charge on any atom is 0.230 e. The molecule has 1 aliphatic heterocycles. The van der Waals surface area contributed by atoms with Crippen molar-refractivity contribution in [3.63, 3.8) is 0 Å². The van der Waals surface area contributed by atoms with E-state index in [1.807, 2.05) is 30.3 Å². The molecule has 2 aromatic carbocycles. The molecule has 7 heteroatoms. The van der Waals surface area contributed by atoms with Crippen molar-refractivity contribution >= 4 is 34.5 Å². The number of aliphatic imine (C=N–C) groups is 1. The van der Waals surface area contributed by atoms with Crippen molar-refractivity contribution in [3.8, 4) is 0 Å². The molecule has 0 spiro atoms. The van der Waals surface area contributed by atoms with Gasteiger partial charge in [0.2, 0.25) is 5.91 Å². The SMILES string of the molecule is O=C([O-])[C@@H]1CC(=O)N(CCc2ccccc2)C(=Nc2ccc(F)cc2)S1. The Hall–Kier alpha value is -2.67. The van der Waals surface area contributed by atoms with Gasteiger partial charge in [-0.25, -0.2) is 9.38 Å². The van der Waals surface area contributed by atoms with Gasteiger partial charge in [0, 0.05) is 13.0 Å². The Morgan fingerprint density at radius 3 is 2.54 bits per heavy atom. The summed E-state index contributed by atoms with van der Waals surface area (Å²) in [6.07, 6.45) is 0.482. The van der Waals surface area contributed by atoms with Crippen LogP contribution >= 0.6 is 11.8 Å². The first-order chi connectivity index (χ1) is 12.5. The van der Waals surface area contributed by atoms with Crippen LogP contribution in [0.1, 0.15) is 12.0 Å². The third kappa shape index (κ3) is 4.49. The van der Waals surface area contributed by atoms with Crippen LogP contribution < -0.4 is 5.11 Å². The molecule has 26 heavy (non-hydrogen) atoms. The Morgan fingerprint density at radius 2 is 1.88 bits per heavy atom. The standard InChI is InChI=1S/C19H17FN2O3S/c20-14-6-8-15(9-7-14)21-19-22(11-10-13-4-2-1-3-5-13)17(23)12-16(26-19)18(24)25/h1-9,16H,10-12H2,(H,24,25)/p-1/t16-/m0/s1. The van der Waals surface area contributed by atoms with Crippen molar-refractivity contribution in [1.82, 2.24) is 4.90 Å². The van der Waals surface area contributed by atoms with Gasteiger partial charge in [-0.15, -0.1) is 0 Å². The van der Waals surface area contributed by atoms with Gasteiger partial charge >= 0.3 is 0 Å². The number of halogens is 1. The molecule has 1 amide bonds. The Kier molecular flexibility index (Phi) is 5.68. The van der Waals surface area contributed by atoms with Crippen LogP contribution in [-0.4, -0.2) is 33.7 Å². The molecule has 0 unspecified atom stereocenters. The lowest BCUT2D eigenvalue weighted by atomic mass is 10.1. The number of rotatable bonds is 5. The van der Waals surface area contributed by atoms with Gasteiger partial charge in [-0.1, -0.05) is 42.1 Å². The van der Waals surface area contributed by atoms with Crippen LogP contribution in [0.25, 0.3) is 0 Å². The van der Waals surface area contributed by atoms with Crippen LogP contribution in [0, 0.1) is 5.82 Å². The Bertz CT molecular complexity index is 824. The highest BCUT2D eigenvalue weighted by molar-refractivity contribution is 8.15. The molecule has 0 bridgehead atoms. The summed E-state index contributed by atoms with van der Waals surface area (Å²) in [5.41, 5.74) is 1.51. The summed E-state index contributed by atoms with van der Waals surface area (Å²) in [6.45, 7) is 0.385. The average molecular weight is 371 g/mol. The van der Waals surface area contributed by atoms with Crippen LogP contribution in [-0.2, 0) is 16.0 Å². The van der Waals surface area contributed by atoms with E-state index in [0.717, 1.165) is 17.3 Å². The van der Waals surface area contributed by atoms with Crippen molar-refractivity contribution in [2.24, 2.45) is 4.99 Å². The maximum atomic E-state index is 13.1. The number of aliphatic carboxylic acids is 1. The van der Waals surface area contributed by atoms with Gasteiger partial charge in [-0.2, -0.15) is 0 Å². The number of carboxylic acid groups (broad SMARTS) is 1. The largest absolute Gasteiger partial charge is 0.549 e. The lowest BCUT2D eigenvalue weighted by Gasteiger charge is -2.32. The topological polar surface area (TPSA) is 72.8 Å². The van der Waals surface area contributed by atoms with E-state index in [1.54, 1.807) is 0 Å². The molecule has 0 N–H and O–H groups in total. The van der Waals surface area contributed by atoms with Crippen molar-refractivity contribution in [1.29, 1.82) is 0 Å². The fourth-order valence-electron chi connectivity index (χ4n) is 2.56. The number of carboxylic acids is 1. The van der Waals surface area contributed by atoms with Gasteiger partial charge < -0.3 is 9.90 Å². The number of amidine groups is 1. The average Bonchev–Trinajstić information content (AvgIpc) is 2.63. The molecule has 1 saturated heterocycles. The zero-order valence-electron chi connectivity index (χ0n) is 13.8. The Labute approximate surface area is 154 Å². The first-order valence-corrected chi connectivity index (χ1v) is 8.97. The zero-order valence-corrected chi connectivity index (χ0v) is 14.6. The normalized spacial score (nSPS) is 19.0. The van der Waals surface area contributed by atoms with Gasteiger partial charge in [0.25, 0.3) is 0 Å². The molecular weight excluding hydrogens is 355 g/mol. The molecule has 1 heterocycles. The third-order valence-electron chi connectivity index (χ3n) is 3.92. The third-order valence-corrected chi connectivity index (χ3v) is 5.09. The molecule has 1 aliphatic rings. The minimum Gasteiger partial charge on any atom is -0.549 e. The molecular formula is C19H16FN2O3S-. The number of nitrogens with zero attached hydrogens (tertiary/aromatic N) is 2. The number of carbonyl (C=O) groups is 2. The lowest BCUT2D eigenvalue weighted by Crippen LogP contribution is -2.48. The molecule has 1 atom stereocenters. The minimum absolute atomic E-state index is 0.135. The highest BCUT2D eigenvalue weighted by Gasteiger charge is 2.32. The molecule has 0 aliphatic carbocycles. The summed E-state index contributed by atoms with van der Waals surface area (Å²) in [5.74, 6) is -2.00. The number of hydrogen-bond acceptors (Lipinski definition) is 5. The van der Waals surface area contributed by atoms with Gasteiger partial charge in [-0.05, 0) is 36.2 Å². The number of carbonyl (C=O) groups excluding carboxylic acids is 2.